The minimum Gasteiger partial charge on any atom is -0.469 e. The molecule has 0 saturated heterocycles. The summed E-state index contributed by atoms with van der Waals surface area (Å²) in [6, 6.07) is 5.33. The van der Waals surface area contributed by atoms with Crippen LogP contribution >= 0.6 is 0 Å². The number of rotatable bonds is 3. The van der Waals surface area contributed by atoms with Gasteiger partial charge >= 0.3 is 5.97 Å². The summed E-state index contributed by atoms with van der Waals surface area (Å²) >= 11 is 0. The molecule has 2 aromatic heterocycles. The van der Waals surface area contributed by atoms with Gasteiger partial charge in [0, 0.05) is 17.8 Å². The number of nitrogens with zero attached hydrogens (tertiary/aromatic N) is 2. The third-order valence-corrected chi connectivity index (χ3v) is 2.47. The zero-order valence-corrected chi connectivity index (χ0v) is 8.96. The summed E-state index contributed by atoms with van der Waals surface area (Å²) in [5.41, 5.74) is 7.70. The van der Waals surface area contributed by atoms with Crippen LogP contribution < -0.4 is 5.73 Å². The van der Waals surface area contributed by atoms with E-state index < -0.39 is 0 Å². The lowest BCUT2D eigenvalue weighted by atomic mass is 10.1. The van der Waals surface area contributed by atoms with Gasteiger partial charge in [0.1, 0.15) is 0 Å². The van der Waals surface area contributed by atoms with Crippen LogP contribution in [0.25, 0.3) is 5.52 Å². The van der Waals surface area contributed by atoms with E-state index in [-0.39, 0.29) is 18.4 Å². The van der Waals surface area contributed by atoms with Gasteiger partial charge in [-0.1, -0.05) is 6.07 Å². The first-order valence-corrected chi connectivity index (χ1v) is 4.97. The summed E-state index contributed by atoms with van der Waals surface area (Å²) in [4.78, 5) is 11.1. The maximum absolute atomic E-state index is 11.1. The Morgan fingerprint density at radius 1 is 1.62 bits per heavy atom. The number of ether oxygens (including phenoxy) is 1. The third kappa shape index (κ3) is 1.90. The zero-order valence-electron chi connectivity index (χ0n) is 8.96. The van der Waals surface area contributed by atoms with Crippen LogP contribution in [0.3, 0.4) is 0 Å². The van der Waals surface area contributed by atoms with Crippen LogP contribution in [0.4, 0.5) is 0 Å². The molecule has 5 nitrogen and oxygen atoms in total. The van der Waals surface area contributed by atoms with Gasteiger partial charge < -0.3 is 10.5 Å². The topological polar surface area (TPSA) is 69.6 Å². The van der Waals surface area contributed by atoms with Crippen LogP contribution in [0.2, 0.25) is 0 Å². The Balaban J connectivity index is 2.29. The second-order valence-corrected chi connectivity index (χ2v) is 3.52. The molecule has 0 amide bonds. The van der Waals surface area contributed by atoms with E-state index in [4.69, 9.17) is 5.73 Å². The highest BCUT2D eigenvalue weighted by Gasteiger charge is 2.15. The number of esters is 1. The summed E-state index contributed by atoms with van der Waals surface area (Å²) in [5.74, 6) is -0.317. The van der Waals surface area contributed by atoms with Crippen molar-refractivity contribution in [3.63, 3.8) is 0 Å². The minimum atomic E-state index is -0.382. The van der Waals surface area contributed by atoms with Crippen LogP contribution in [0, 0.1) is 0 Å². The maximum Gasteiger partial charge on any atom is 0.307 e. The number of carbonyl (C=O) groups excluding carboxylic acids is 1. The van der Waals surface area contributed by atoms with E-state index in [1.807, 2.05) is 24.4 Å². The molecule has 84 valence electrons. The van der Waals surface area contributed by atoms with Gasteiger partial charge in [-0.25, -0.2) is 4.52 Å². The van der Waals surface area contributed by atoms with Crippen LogP contribution in [0.1, 0.15) is 18.0 Å². The van der Waals surface area contributed by atoms with Gasteiger partial charge in [0.05, 0.1) is 25.2 Å². The SMILES string of the molecule is COC(=O)C[C@@H](N)c1cnn2ccccc12. The molecule has 0 bridgehead atoms. The van der Waals surface area contributed by atoms with E-state index in [2.05, 4.69) is 9.84 Å². The number of nitrogens with two attached hydrogens (primary N) is 1. The number of hydrogen-bond acceptors (Lipinski definition) is 4. The molecule has 0 aliphatic rings. The average molecular weight is 219 g/mol. The highest BCUT2D eigenvalue weighted by Crippen LogP contribution is 2.19. The predicted molar refractivity (Wildman–Crippen MR) is 58.8 cm³/mol. The molecule has 2 rings (SSSR count). The number of carbonyl (C=O) groups is 1. The Hall–Kier alpha value is -1.88. The van der Waals surface area contributed by atoms with Crippen molar-refractivity contribution >= 4 is 11.5 Å². The first kappa shape index (κ1) is 10.6. The van der Waals surface area contributed by atoms with E-state index in [0.29, 0.717) is 0 Å². The summed E-state index contributed by atoms with van der Waals surface area (Å²) in [5, 5.41) is 4.16. The molecule has 1 atom stereocenters. The molecule has 2 heterocycles. The number of aromatic nitrogens is 2. The first-order valence-electron chi connectivity index (χ1n) is 4.97. The summed E-state index contributed by atoms with van der Waals surface area (Å²) in [6.07, 6.45) is 3.68. The van der Waals surface area contributed by atoms with Crippen molar-refractivity contribution in [3.8, 4) is 0 Å². The molecule has 0 aliphatic carbocycles. The summed E-state index contributed by atoms with van der Waals surface area (Å²) in [7, 11) is 1.35. The quantitative estimate of drug-likeness (QED) is 0.778. The molecule has 16 heavy (non-hydrogen) atoms. The lowest BCUT2D eigenvalue weighted by Crippen LogP contribution is -2.16. The molecule has 0 saturated carbocycles. The van der Waals surface area contributed by atoms with Crippen LogP contribution in [0.5, 0.6) is 0 Å². The van der Waals surface area contributed by atoms with Gasteiger partial charge in [-0.15, -0.1) is 0 Å². The molecule has 0 radical (unpaired) electrons. The van der Waals surface area contributed by atoms with Crippen molar-refractivity contribution in [1.82, 2.24) is 9.61 Å². The van der Waals surface area contributed by atoms with E-state index in [1.54, 1.807) is 10.7 Å². The van der Waals surface area contributed by atoms with Crippen molar-refractivity contribution in [2.24, 2.45) is 5.73 Å². The summed E-state index contributed by atoms with van der Waals surface area (Å²) in [6.45, 7) is 0. The molecule has 5 heteroatoms. The molecule has 0 unspecified atom stereocenters. The fraction of sp³-hybridized carbons (Fsp3) is 0.273. The first-order chi connectivity index (χ1) is 7.72. The Morgan fingerprint density at radius 2 is 2.44 bits per heavy atom. The second-order valence-electron chi connectivity index (χ2n) is 3.52. The Bertz CT molecular complexity index is 507. The fourth-order valence-electron chi connectivity index (χ4n) is 1.61. The lowest BCUT2D eigenvalue weighted by molar-refractivity contribution is -0.141. The van der Waals surface area contributed by atoms with E-state index >= 15 is 0 Å². The fourth-order valence-corrected chi connectivity index (χ4v) is 1.61. The molecule has 0 fully saturated rings. The van der Waals surface area contributed by atoms with Crippen LogP contribution in [-0.4, -0.2) is 22.7 Å². The van der Waals surface area contributed by atoms with Crippen molar-refractivity contribution < 1.29 is 9.53 Å². The molecule has 0 aromatic carbocycles. The largest absolute Gasteiger partial charge is 0.469 e. The molecular weight excluding hydrogens is 206 g/mol. The summed E-state index contributed by atoms with van der Waals surface area (Å²) < 4.78 is 6.31. The Kier molecular flexibility index (Phi) is 2.87. The van der Waals surface area contributed by atoms with E-state index in [0.717, 1.165) is 11.1 Å². The zero-order chi connectivity index (χ0) is 11.5. The third-order valence-electron chi connectivity index (χ3n) is 2.47. The monoisotopic (exact) mass is 219 g/mol. The molecule has 2 aromatic rings. The number of pyridine rings is 1. The number of fused-ring (bicyclic) bond motifs is 1. The Labute approximate surface area is 92.8 Å². The number of methoxy groups -OCH3 is 1. The average Bonchev–Trinajstić information content (AvgIpc) is 2.72. The molecule has 0 aliphatic heterocycles. The lowest BCUT2D eigenvalue weighted by Gasteiger charge is -2.08. The second kappa shape index (κ2) is 4.32. The van der Waals surface area contributed by atoms with Gasteiger partial charge in [0.2, 0.25) is 0 Å². The van der Waals surface area contributed by atoms with Gasteiger partial charge in [-0.05, 0) is 12.1 Å². The van der Waals surface area contributed by atoms with E-state index in [9.17, 15) is 4.79 Å². The molecule has 0 spiro atoms. The molecule has 2 N–H and O–H groups in total. The van der Waals surface area contributed by atoms with Gasteiger partial charge in [0.25, 0.3) is 0 Å². The van der Waals surface area contributed by atoms with Crippen molar-refractivity contribution in [3.05, 3.63) is 36.2 Å². The molecular formula is C11H13N3O2. The van der Waals surface area contributed by atoms with Gasteiger partial charge in [-0.3, -0.25) is 4.79 Å². The predicted octanol–water partition coefficient (Wildman–Crippen LogP) is 0.897. The van der Waals surface area contributed by atoms with Gasteiger partial charge in [-0.2, -0.15) is 5.10 Å². The Morgan fingerprint density at radius 3 is 3.19 bits per heavy atom. The highest BCUT2D eigenvalue weighted by atomic mass is 16.5. The van der Waals surface area contributed by atoms with Crippen molar-refractivity contribution in [1.29, 1.82) is 0 Å². The van der Waals surface area contributed by atoms with Gasteiger partial charge in [0.15, 0.2) is 0 Å². The number of hydrogen-bond donors (Lipinski definition) is 1. The van der Waals surface area contributed by atoms with Crippen LogP contribution in [-0.2, 0) is 9.53 Å². The van der Waals surface area contributed by atoms with Crippen molar-refractivity contribution in [2.45, 2.75) is 12.5 Å². The smallest absolute Gasteiger partial charge is 0.307 e. The van der Waals surface area contributed by atoms with Crippen LogP contribution in [0.15, 0.2) is 30.6 Å². The normalized spacial score (nSPS) is 12.6. The highest BCUT2D eigenvalue weighted by molar-refractivity contribution is 5.71. The standard InChI is InChI=1S/C11H13N3O2/c1-16-11(15)6-9(12)8-7-13-14-5-3-2-4-10(8)14/h2-5,7,9H,6,12H2,1H3/t9-/m1/s1. The maximum atomic E-state index is 11.1. The van der Waals surface area contributed by atoms with Crippen molar-refractivity contribution in [2.75, 3.05) is 7.11 Å². The minimum absolute atomic E-state index is 0.159. The van der Waals surface area contributed by atoms with E-state index in [1.165, 1.54) is 7.11 Å².